The van der Waals surface area contributed by atoms with Crippen LogP contribution >= 0.6 is 0 Å². The van der Waals surface area contributed by atoms with Gasteiger partial charge in [0, 0.05) is 19.3 Å². The van der Waals surface area contributed by atoms with Crippen molar-refractivity contribution in [1.29, 1.82) is 0 Å². The van der Waals surface area contributed by atoms with E-state index in [0.717, 1.165) is 24.6 Å². The maximum atomic E-state index is 4.21. The second kappa shape index (κ2) is 3.91. The van der Waals surface area contributed by atoms with Gasteiger partial charge in [-0.2, -0.15) is 0 Å². The summed E-state index contributed by atoms with van der Waals surface area (Å²) in [4.78, 5) is 8.31. The van der Waals surface area contributed by atoms with Gasteiger partial charge in [0.2, 0.25) is 0 Å². The van der Waals surface area contributed by atoms with Gasteiger partial charge in [0.15, 0.2) is 5.84 Å². The molecule has 60 valence electrons. The van der Waals surface area contributed by atoms with E-state index in [0.29, 0.717) is 0 Å². The molecule has 1 rings (SSSR count). The second-order valence-electron chi connectivity index (χ2n) is 2.19. The third-order valence-electron chi connectivity index (χ3n) is 1.35. The maximum absolute atomic E-state index is 4.21. The first-order valence-electron chi connectivity index (χ1n) is 3.91. The Hall–Kier alpha value is -1.12. The number of likely N-dealkylation sites (N-methyl/N-ethyl adjacent to an activating group) is 1. The summed E-state index contributed by atoms with van der Waals surface area (Å²) >= 11 is 0. The summed E-state index contributed by atoms with van der Waals surface area (Å²) in [7, 11) is 0. The molecule has 0 aromatic carbocycles. The molecule has 0 aromatic heterocycles. The molecule has 0 fully saturated rings. The van der Waals surface area contributed by atoms with Crippen LogP contribution < -0.4 is 5.32 Å². The summed E-state index contributed by atoms with van der Waals surface area (Å²) in [5.74, 6) is 0.828. The second-order valence-corrected chi connectivity index (χ2v) is 2.19. The first-order chi connectivity index (χ1) is 5.38. The number of nitrogens with zero attached hydrogens (tertiary/aromatic N) is 2. The Morgan fingerprint density at radius 1 is 1.55 bits per heavy atom. The van der Waals surface area contributed by atoms with Crippen molar-refractivity contribution >= 4 is 12.1 Å². The van der Waals surface area contributed by atoms with Gasteiger partial charge < -0.3 is 5.32 Å². The zero-order chi connectivity index (χ0) is 8.10. The highest BCUT2D eigenvalue weighted by molar-refractivity contribution is 6.10. The molecule has 1 aliphatic rings. The lowest BCUT2D eigenvalue weighted by Crippen LogP contribution is -2.16. The first kappa shape index (κ1) is 7.98. The summed E-state index contributed by atoms with van der Waals surface area (Å²) < 4.78 is 0. The Labute approximate surface area is 66.9 Å². The largest absolute Gasteiger partial charge is 0.382 e. The number of aliphatic imine (C=N–C) groups is 2. The van der Waals surface area contributed by atoms with E-state index in [9.17, 15) is 0 Å². The Kier molecular flexibility index (Phi) is 2.83. The lowest BCUT2D eigenvalue weighted by molar-refractivity contribution is 0.889. The van der Waals surface area contributed by atoms with Crippen molar-refractivity contribution in [1.82, 2.24) is 5.32 Å². The molecule has 0 bridgehead atoms. The lowest BCUT2D eigenvalue weighted by atomic mass is 10.4. The molecular weight excluding hydrogens is 138 g/mol. The van der Waals surface area contributed by atoms with Crippen molar-refractivity contribution in [2.45, 2.75) is 13.8 Å². The first-order valence-corrected chi connectivity index (χ1v) is 3.91. The minimum absolute atomic E-state index is 0.787. The molecule has 0 aliphatic carbocycles. The predicted octanol–water partition coefficient (Wildman–Crippen LogP) is 0.983. The van der Waals surface area contributed by atoms with Gasteiger partial charge in [0.25, 0.3) is 0 Å². The molecule has 0 amide bonds. The molecular formula is C8H13N3. The van der Waals surface area contributed by atoms with Crippen molar-refractivity contribution < 1.29 is 0 Å². The average molecular weight is 151 g/mol. The number of hydrogen-bond acceptors (Lipinski definition) is 2. The molecule has 0 atom stereocenters. The molecule has 1 heterocycles. The van der Waals surface area contributed by atoms with E-state index < -0.39 is 0 Å². The van der Waals surface area contributed by atoms with Gasteiger partial charge in [0.05, 0.1) is 5.70 Å². The average Bonchev–Trinajstić information content (AvgIpc) is 2.39. The van der Waals surface area contributed by atoms with Crippen LogP contribution in [0.15, 0.2) is 21.8 Å². The maximum Gasteiger partial charge on any atom is 0.170 e. The SMILES string of the molecule is CCN=C1N=CC=C1NCC. The fourth-order valence-corrected chi connectivity index (χ4v) is 0.931. The van der Waals surface area contributed by atoms with E-state index in [4.69, 9.17) is 0 Å². The number of hydrogen-bond donors (Lipinski definition) is 1. The zero-order valence-electron chi connectivity index (χ0n) is 6.96. The van der Waals surface area contributed by atoms with Crippen LogP contribution in [-0.2, 0) is 0 Å². The fourth-order valence-electron chi connectivity index (χ4n) is 0.931. The van der Waals surface area contributed by atoms with Gasteiger partial charge in [0.1, 0.15) is 0 Å². The molecule has 1 aliphatic heterocycles. The molecule has 0 radical (unpaired) electrons. The van der Waals surface area contributed by atoms with E-state index in [1.54, 1.807) is 6.21 Å². The Bertz CT molecular complexity index is 213. The summed E-state index contributed by atoms with van der Waals surface area (Å²) in [6.45, 7) is 5.76. The van der Waals surface area contributed by atoms with Crippen LogP contribution in [-0.4, -0.2) is 25.1 Å². The van der Waals surface area contributed by atoms with E-state index in [1.807, 2.05) is 13.0 Å². The molecule has 0 aromatic rings. The molecule has 3 heteroatoms. The smallest absolute Gasteiger partial charge is 0.170 e. The van der Waals surface area contributed by atoms with Crippen LogP contribution in [0.1, 0.15) is 13.8 Å². The minimum Gasteiger partial charge on any atom is -0.382 e. The molecule has 11 heavy (non-hydrogen) atoms. The van der Waals surface area contributed by atoms with Gasteiger partial charge >= 0.3 is 0 Å². The standard InChI is InChI=1S/C8H13N3/c1-3-9-7-5-6-11-8(7)10-4-2/h5-6H,3-4H2,1-2H3,(H,9,10,11). The summed E-state index contributed by atoms with van der Waals surface area (Å²) in [5, 5.41) is 3.18. The topological polar surface area (TPSA) is 36.8 Å². The van der Waals surface area contributed by atoms with E-state index in [1.165, 1.54) is 0 Å². The monoisotopic (exact) mass is 151 g/mol. The fraction of sp³-hybridized carbons (Fsp3) is 0.500. The molecule has 0 saturated carbocycles. The number of amidine groups is 1. The van der Waals surface area contributed by atoms with Crippen LogP contribution in [0.25, 0.3) is 0 Å². The van der Waals surface area contributed by atoms with Gasteiger partial charge in [-0.3, -0.25) is 4.99 Å². The van der Waals surface area contributed by atoms with Gasteiger partial charge in [-0.25, -0.2) is 4.99 Å². The molecule has 0 saturated heterocycles. The summed E-state index contributed by atoms with van der Waals surface area (Å²) in [6.07, 6.45) is 3.71. The van der Waals surface area contributed by atoms with Gasteiger partial charge in [-0.15, -0.1) is 0 Å². The summed E-state index contributed by atoms with van der Waals surface area (Å²) in [5.41, 5.74) is 1.04. The van der Waals surface area contributed by atoms with Crippen molar-refractivity contribution in [3.63, 3.8) is 0 Å². The summed E-state index contributed by atoms with van der Waals surface area (Å²) in [6, 6.07) is 0. The van der Waals surface area contributed by atoms with Crippen LogP contribution in [0, 0.1) is 0 Å². The minimum atomic E-state index is 0.787. The highest BCUT2D eigenvalue weighted by atomic mass is 15.0. The molecule has 1 N–H and O–H groups in total. The van der Waals surface area contributed by atoms with Crippen LogP contribution in [0.5, 0.6) is 0 Å². The molecule has 0 unspecified atom stereocenters. The van der Waals surface area contributed by atoms with Crippen LogP contribution in [0.3, 0.4) is 0 Å². The number of nitrogens with one attached hydrogen (secondary N) is 1. The zero-order valence-corrected chi connectivity index (χ0v) is 6.96. The molecule has 0 spiro atoms. The van der Waals surface area contributed by atoms with E-state index in [-0.39, 0.29) is 0 Å². The van der Waals surface area contributed by atoms with Crippen molar-refractivity contribution in [2.24, 2.45) is 9.98 Å². The number of rotatable bonds is 3. The van der Waals surface area contributed by atoms with Crippen LogP contribution in [0.4, 0.5) is 0 Å². The highest BCUT2D eigenvalue weighted by Crippen LogP contribution is 2.01. The van der Waals surface area contributed by atoms with Gasteiger partial charge in [-0.1, -0.05) is 0 Å². The van der Waals surface area contributed by atoms with Gasteiger partial charge in [-0.05, 0) is 19.9 Å². The highest BCUT2D eigenvalue weighted by Gasteiger charge is 2.06. The Balaban J connectivity index is 2.61. The lowest BCUT2D eigenvalue weighted by Gasteiger charge is -2.02. The van der Waals surface area contributed by atoms with Crippen LogP contribution in [0.2, 0.25) is 0 Å². The predicted molar refractivity (Wildman–Crippen MR) is 48.2 cm³/mol. The van der Waals surface area contributed by atoms with E-state index >= 15 is 0 Å². The third-order valence-corrected chi connectivity index (χ3v) is 1.35. The van der Waals surface area contributed by atoms with Crippen molar-refractivity contribution in [2.75, 3.05) is 13.1 Å². The Morgan fingerprint density at radius 2 is 2.36 bits per heavy atom. The van der Waals surface area contributed by atoms with Crippen molar-refractivity contribution in [3.05, 3.63) is 11.8 Å². The van der Waals surface area contributed by atoms with E-state index in [2.05, 4.69) is 22.2 Å². The quantitative estimate of drug-likeness (QED) is 0.641. The third kappa shape index (κ3) is 1.90. The normalized spacial score (nSPS) is 19.1. The molecule has 3 nitrogen and oxygen atoms in total. The number of allylic oxidation sites excluding steroid dienone is 1. The van der Waals surface area contributed by atoms with Crippen molar-refractivity contribution in [3.8, 4) is 0 Å². The Morgan fingerprint density at radius 3 is 3.00 bits per heavy atom.